The maximum Gasteiger partial charge on any atom is 0.323 e. The van der Waals surface area contributed by atoms with E-state index in [-0.39, 0.29) is 34.9 Å². The largest absolute Gasteiger partial charge is 0.480 e. The van der Waals surface area contributed by atoms with Gasteiger partial charge in [-0.05, 0) is 23.7 Å². The highest BCUT2D eigenvalue weighted by atomic mass is 16.4. The Morgan fingerprint density at radius 2 is 1.36 bits per heavy atom. The first kappa shape index (κ1) is 17.9. The minimum absolute atomic E-state index is 0.0540. The number of carbonyl (C=O) groups excluding carboxylic acids is 2. The lowest BCUT2D eigenvalue weighted by molar-refractivity contribution is -0.138. The molecule has 0 amide bonds. The Bertz CT molecular complexity index is 685. The van der Waals surface area contributed by atoms with Crippen molar-refractivity contribution in [2.75, 3.05) is 6.54 Å². The lowest BCUT2D eigenvalue weighted by atomic mass is 9.65. The van der Waals surface area contributed by atoms with Gasteiger partial charge in [-0.3, -0.25) is 14.4 Å². The first-order chi connectivity index (χ1) is 11.4. The van der Waals surface area contributed by atoms with Crippen LogP contribution in [0.2, 0.25) is 0 Å². The normalized spacial score (nSPS) is 25.9. The van der Waals surface area contributed by atoms with Gasteiger partial charge in [-0.1, -0.05) is 34.6 Å². The Balaban J connectivity index is 2.18. The number of allylic oxidation sites excluding steroid dienone is 4. The summed E-state index contributed by atoms with van der Waals surface area (Å²) in [6, 6.07) is 0. The zero-order valence-corrected chi connectivity index (χ0v) is 15.7. The van der Waals surface area contributed by atoms with Crippen LogP contribution in [0.4, 0.5) is 0 Å². The Labute approximate surface area is 148 Å². The molecule has 0 bridgehead atoms. The van der Waals surface area contributed by atoms with Crippen molar-refractivity contribution in [1.29, 1.82) is 0 Å². The molecule has 0 aromatic heterocycles. The molecule has 0 unspecified atom stereocenters. The van der Waals surface area contributed by atoms with Gasteiger partial charge in [0.05, 0.1) is 0 Å². The Morgan fingerprint density at radius 3 is 1.72 bits per heavy atom. The van der Waals surface area contributed by atoms with Crippen molar-refractivity contribution in [3.63, 3.8) is 0 Å². The van der Waals surface area contributed by atoms with Crippen LogP contribution in [0.1, 0.15) is 60.3 Å². The van der Waals surface area contributed by atoms with Crippen LogP contribution in [0.5, 0.6) is 0 Å². The van der Waals surface area contributed by atoms with Crippen molar-refractivity contribution < 1.29 is 19.5 Å². The second-order valence-corrected chi connectivity index (χ2v) is 9.30. The van der Waals surface area contributed by atoms with Crippen LogP contribution in [0.25, 0.3) is 0 Å². The number of aliphatic carboxylic acids is 1. The minimum Gasteiger partial charge on any atom is -0.480 e. The van der Waals surface area contributed by atoms with E-state index in [0.29, 0.717) is 36.8 Å². The van der Waals surface area contributed by atoms with Gasteiger partial charge in [0.25, 0.3) is 0 Å². The van der Waals surface area contributed by atoms with Gasteiger partial charge in [0, 0.05) is 41.3 Å². The van der Waals surface area contributed by atoms with E-state index in [1.165, 1.54) is 0 Å². The lowest BCUT2D eigenvalue weighted by Gasteiger charge is -2.47. The van der Waals surface area contributed by atoms with Crippen molar-refractivity contribution in [2.45, 2.75) is 60.3 Å². The number of ketones is 2. The van der Waals surface area contributed by atoms with Gasteiger partial charge >= 0.3 is 5.97 Å². The van der Waals surface area contributed by atoms with E-state index in [1.54, 1.807) is 4.90 Å². The summed E-state index contributed by atoms with van der Waals surface area (Å²) in [5.74, 6) is -1.07. The van der Waals surface area contributed by atoms with Crippen molar-refractivity contribution in [1.82, 2.24) is 4.90 Å². The third kappa shape index (κ3) is 3.05. The molecule has 2 aliphatic carbocycles. The molecule has 25 heavy (non-hydrogen) atoms. The molecule has 0 spiro atoms. The average Bonchev–Trinajstić information content (AvgIpc) is 2.39. The SMILES string of the molecule is CC1C2=C(CC(C)(C)CC2=O)N(CC(=O)O)C2=C1C(=O)CC(C)(C)C2. The van der Waals surface area contributed by atoms with Crippen LogP contribution in [0, 0.1) is 16.7 Å². The monoisotopic (exact) mass is 345 g/mol. The van der Waals surface area contributed by atoms with Crippen LogP contribution < -0.4 is 0 Å². The molecular formula is C20H27NO4. The van der Waals surface area contributed by atoms with Crippen molar-refractivity contribution >= 4 is 17.5 Å². The fourth-order valence-corrected chi connectivity index (χ4v) is 4.70. The molecule has 3 rings (SSSR count). The van der Waals surface area contributed by atoms with Crippen LogP contribution in [0.15, 0.2) is 22.5 Å². The van der Waals surface area contributed by atoms with E-state index in [0.717, 1.165) is 11.4 Å². The number of carbonyl (C=O) groups is 3. The van der Waals surface area contributed by atoms with Crippen LogP contribution in [-0.4, -0.2) is 34.1 Å². The third-order valence-corrected chi connectivity index (χ3v) is 5.60. The number of nitrogens with zero attached hydrogens (tertiary/aromatic N) is 1. The Morgan fingerprint density at radius 1 is 0.960 bits per heavy atom. The molecule has 0 aromatic carbocycles. The topological polar surface area (TPSA) is 74.7 Å². The summed E-state index contributed by atoms with van der Waals surface area (Å²) in [6.07, 6.45) is 2.22. The molecule has 0 saturated carbocycles. The number of hydrogen-bond donors (Lipinski definition) is 1. The van der Waals surface area contributed by atoms with E-state index in [4.69, 9.17) is 0 Å². The zero-order chi connectivity index (χ0) is 18.7. The Hall–Kier alpha value is -1.91. The molecule has 5 heteroatoms. The van der Waals surface area contributed by atoms with Gasteiger partial charge in [-0.2, -0.15) is 0 Å². The van der Waals surface area contributed by atoms with Gasteiger partial charge in [-0.25, -0.2) is 0 Å². The van der Waals surface area contributed by atoms with Gasteiger partial charge in [0.1, 0.15) is 6.54 Å². The summed E-state index contributed by atoms with van der Waals surface area (Å²) in [5.41, 5.74) is 2.57. The van der Waals surface area contributed by atoms with E-state index in [9.17, 15) is 19.5 Å². The summed E-state index contributed by atoms with van der Waals surface area (Å²) in [4.78, 5) is 39.0. The number of carboxylic acid groups (broad SMARTS) is 1. The number of Topliss-reactive ketones (excluding diaryl/α,β-unsaturated/α-hetero) is 2. The molecule has 1 N–H and O–H groups in total. The molecule has 0 fully saturated rings. The fraction of sp³-hybridized carbons (Fsp3) is 0.650. The molecule has 0 atom stereocenters. The van der Waals surface area contributed by atoms with E-state index in [2.05, 4.69) is 0 Å². The van der Waals surface area contributed by atoms with Crippen molar-refractivity contribution in [2.24, 2.45) is 16.7 Å². The number of carboxylic acids is 1. The highest BCUT2D eigenvalue weighted by Gasteiger charge is 2.47. The molecule has 0 radical (unpaired) electrons. The highest BCUT2D eigenvalue weighted by Crippen LogP contribution is 2.51. The summed E-state index contributed by atoms with van der Waals surface area (Å²) in [5, 5.41) is 9.45. The highest BCUT2D eigenvalue weighted by molar-refractivity contribution is 6.05. The number of rotatable bonds is 2. The van der Waals surface area contributed by atoms with E-state index in [1.807, 2.05) is 34.6 Å². The fourth-order valence-electron chi connectivity index (χ4n) is 4.70. The molecule has 0 saturated heterocycles. The molecule has 0 aromatic rings. The third-order valence-electron chi connectivity index (χ3n) is 5.60. The van der Waals surface area contributed by atoms with Crippen LogP contribution in [-0.2, 0) is 14.4 Å². The van der Waals surface area contributed by atoms with Crippen molar-refractivity contribution in [3.05, 3.63) is 22.5 Å². The maximum absolute atomic E-state index is 12.8. The predicted octanol–water partition coefficient (Wildman–Crippen LogP) is 3.31. The standard InChI is InChI=1S/C20H27NO4/c1-11-17-12(6-19(2,3)8-14(17)22)21(10-16(24)25)13-7-20(4,5)9-15(23)18(11)13/h11H,6-10H2,1-5H3,(H,24,25). The second kappa shape index (κ2) is 5.55. The van der Waals surface area contributed by atoms with Gasteiger partial charge in [0.15, 0.2) is 11.6 Å². The number of hydrogen-bond acceptors (Lipinski definition) is 4. The Kier molecular flexibility index (Phi) is 3.97. The zero-order valence-electron chi connectivity index (χ0n) is 15.7. The molecular weight excluding hydrogens is 318 g/mol. The lowest BCUT2D eigenvalue weighted by Crippen LogP contribution is -2.45. The molecule has 1 heterocycles. The quantitative estimate of drug-likeness (QED) is 0.831. The summed E-state index contributed by atoms with van der Waals surface area (Å²) >= 11 is 0. The average molecular weight is 345 g/mol. The summed E-state index contributed by atoms with van der Waals surface area (Å²) in [7, 11) is 0. The predicted molar refractivity (Wildman–Crippen MR) is 93.6 cm³/mol. The molecule has 3 aliphatic rings. The molecule has 5 nitrogen and oxygen atoms in total. The first-order valence-corrected chi connectivity index (χ1v) is 8.94. The van der Waals surface area contributed by atoms with Gasteiger partial charge in [0.2, 0.25) is 0 Å². The second-order valence-electron chi connectivity index (χ2n) is 9.30. The summed E-state index contributed by atoms with van der Waals surface area (Å²) < 4.78 is 0. The first-order valence-electron chi connectivity index (χ1n) is 8.94. The minimum atomic E-state index is -0.945. The van der Waals surface area contributed by atoms with Crippen molar-refractivity contribution in [3.8, 4) is 0 Å². The van der Waals surface area contributed by atoms with Gasteiger partial charge in [-0.15, -0.1) is 0 Å². The van der Waals surface area contributed by atoms with E-state index < -0.39 is 5.97 Å². The smallest absolute Gasteiger partial charge is 0.323 e. The molecule has 136 valence electrons. The maximum atomic E-state index is 12.8. The van der Waals surface area contributed by atoms with E-state index >= 15 is 0 Å². The van der Waals surface area contributed by atoms with Crippen LogP contribution in [0.3, 0.4) is 0 Å². The van der Waals surface area contributed by atoms with Gasteiger partial charge < -0.3 is 10.0 Å². The summed E-state index contributed by atoms with van der Waals surface area (Å²) in [6.45, 7) is 9.89. The van der Waals surface area contributed by atoms with Crippen LogP contribution >= 0.6 is 0 Å². The molecule has 1 aliphatic heterocycles.